The maximum Gasteiger partial charge on any atom is 0.280 e. The van der Waals surface area contributed by atoms with Gasteiger partial charge in [0.2, 0.25) is 11.8 Å². The number of amides is 1. The van der Waals surface area contributed by atoms with Crippen molar-refractivity contribution in [3.63, 3.8) is 0 Å². The molecule has 11 heteroatoms. The minimum Gasteiger partial charge on any atom is -0.477 e. The molecule has 1 N–H and O–H groups in total. The fourth-order valence-electron chi connectivity index (χ4n) is 5.19. The van der Waals surface area contributed by atoms with Crippen LogP contribution in [0.1, 0.15) is 41.7 Å². The van der Waals surface area contributed by atoms with E-state index in [1.54, 1.807) is 35.5 Å². The van der Waals surface area contributed by atoms with Crippen molar-refractivity contribution in [2.24, 2.45) is 21.8 Å². The van der Waals surface area contributed by atoms with E-state index in [1.165, 1.54) is 0 Å². The molecule has 1 spiro atoms. The molecule has 1 aliphatic carbocycles. The average molecular weight is 534 g/mol. The van der Waals surface area contributed by atoms with E-state index >= 15 is 0 Å². The molecule has 1 amide bonds. The van der Waals surface area contributed by atoms with Gasteiger partial charge in [-0.2, -0.15) is 14.5 Å². The summed E-state index contributed by atoms with van der Waals surface area (Å²) in [6.45, 7) is 3.13. The van der Waals surface area contributed by atoms with Crippen molar-refractivity contribution in [2.45, 2.75) is 32.6 Å². The van der Waals surface area contributed by atoms with E-state index in [9.17, 15) is 9.00 Å². The first-order valence-electron chi connectivity index (χ1n) is 12.7. The Morgan fingerprint density at radius 2 is 1.97 bits per heavy atom. The quantitative estimate of drug-likeness (QED) is 0.489. The molecular formula is C27H31N7O3S. The molecule has 2 aliphatic heterocycles. The molecule has 0 atom stereocenters. The monoisotopic (exact) mass is 533 g/mol. The number of nitrogens with zero attached hydrogens (tertiary/aromatic N) is 6. The van der Waals surface area contributed by atoms with Gasteiger partial charge in [-0.15, -0.1) is 0 Å². The highest BCUT2D eigenvalue weighted by Crippen LogP contribution is 2.52. The smallest absolute Gasteiger partial charge is 0.280 e. The van der Waals surface area contributed by atoms with E-state index in [2.05, 4.69) is 29.7 Å². The average Bonchev–Trinajstić information content (AvgIpc) is 3.40. The Bertz CT molecular complexity index is 1600. The molecule has 0 radical (unpaired) electrons. The summed E-state index contributed by atoms with van der Waals surface area (Å²) >= 11 is 0. The lowest BCUT2D eigenvalue weighted by molar-refractivity contribution is 0.100. The highest BCUT2D eigenvalue weighted by atomic mass is 32.2. The van der Waals surface area contributed by atoms with E-state index in [4.69, 9.17) is 4.74 Å². The Hall–Kier alpha value is -3.73. The van der Waals surface area contributed by atoms with E-state index in [-0.39, 0.29) is 11.3 Å². The number of nitrogens with one attached hydrogen (secondary N) is 1. The molecule has 1 fully saturated rings. The number of benzene rings is 1. The highest BCUT2D eigenvalue weighted by Gasteiger charge is 2.45. The van der Waals surface area contributed by atoms with Crippen molar-refractivity contribution in [1.82, 2.24) is 14.8 Å². The van der Waals surface area contributed by atoms with Gasteiger partial charge < -0.3 is 15.0 Å². The third kappa shape index (κ3) is 4.78. The van der Waals surface area contributed by atoms with E-state index in [0.29, 0.717) is 47.6 Å². The van der Waals surface area contributed by atoms with Crippen LogP contribution in [-0.2, 0) is 16.8 Å². The number of carbonyl (C=O) groups excluding carboxylic acids is 1. The van der Waals surface area contributed by atoms with Gasteiger partial charge in [0.25, 0.3) is 5.91 Å². The molecule has 0 unspecified atom stereocenters. The number of aliphatic imine (C=N–C) groups is 1. The maximum atomic E-state index is 13.5. The van der Waals surface area contributed by atoms with Crippen LogP contribution in [0.3, 0.4) is 0 Å². The van der Waals surface area contributed by atoms with Crippen LogP contribution in [0.25, 0.3) is 11.3 Å². The summed E-state index contributed by atoms with van der Waals surface area (Å²) in [5.74, 6) is 0.771. The van der Waals surface area contributed by atoms with Crippen molar-refractivity contribution in [1.29, 1.82) is 0 Å². The van der Waals surface area contributed by atoms with Crippen LogP contribution in [0.5, 0.6) is 5.88 Å². The van der Waals surface area contributed by atoms with Crippen molar-refractivity contribution in [2.75, 3.05) is 35.9 Å². The highest BCUT2D eigenvalue weighted by molar-refractivity contribution is 7.92. The van der Waals surface area contributed by atoms with Crippen LogP contribution in [0.2, 0.25) is 0 Å². The molecule has 4 heterocycles. The van der Waals surface area contributed by atoms with Gasteiger partial charge in [-0.25, -0.2) is 8.89 Å². The van der Waals surface area contributed by atoms with Crippen molar-refractivity contribution in [3.05, 3.63) is 47.8 Å². The number of fused-ring (bicyclic) bond motifs is 7. The van der Waals surface area contributed by atoms with Gasteiger partial charge in [-0.1, -0.05) is 0 Å². The second-order valence-electron chi connectivity index (χ2n) is 10.7. The van der Waals surface area contributed by atoms with Crippen molar-refractivity contribution >= 4 is 38.7 Å². The first-order chi connectivity index (χ1) is 18.1. The third-order valence-corrected chi connectivity index (χ3v) is 7.86. The first-order valence-corrected chi connectivity index (χ1v) is 15.1. The zero-order valence-corrected chi connectivity index (χ0v) is 22.8. The number of pyridine rings is 1. The van der Waals surface area contributed by atoms with Crippen LogP contribution in [-0.4, -0.2) is 56.5 Å². The molecule has 3 aliphatic rings. The molecule has 2 bridgehead atoms. The fourth-order valence-corrected chi connectivity index (χ4v) is 5.81. The van der Waals surface area contributed by atoms with Gasteiger partial charge in [0, 0.05) is 47.1 Å². The number of ether oxygens (including phenoxy) is 1. The van der Waals surface area contributed by atoms with Crippen LogP contribution in [0.4, 0.5) is 17.1 Å². The van der Waals surface area contributed by atoms with E-state index in [1.807, 2.05) is 32.2 Å². The van der Waals surface area contributed by atoms with Crippen LogP contribution in [0, 0.1) is 12.3 Å². The van der Waals surface area contributed by atoms with Crippen LogP contribution in [0.15, 0.2) is 45.9 Å². The van der Waals surface area contributed by atoms with Gasteiger partial charge in [-0.05, 0) is 68.4 Å². The lowest BCUT2D eigenvalue weighted by atomic mass is 9.99. The van der Waals surface area contributed by atoms with Gasteiger partial charge >= 0.3 is 0 Å². The predicted octanol–water partition coefficient (Wildman–Crippen LogP) is 4.53. The second-order valence-corrected chi connectivity index (χ2v) is 13.3. The molecule has 2 aromatic heterocycles. The molecule has 3 aromatic rings. The normalized spacial score (nSPS) is 19.6. The number of rotatable bonds is 1. The van der Waals surface area contributed by atoms with E-state index < -0.39 is 9.73 Å². The lowest BCUT2D eigenvalue weighted by Crippen LogP contribution is -2.36. The largest absolute Gasteiger partial charge is 0.477 e. The zero-order chi connectivity index (χ0) is 26.7. The molecule has 198 valence electrons. The predicted molar refractivity (Wildman–Crippen MR) is 149 cm³/mol. The Kier molecular flexibility index (Phi) is 5.78. The molecule has 1 aromatic carbocycles. The standard InChI is InChI=1S/C27H31N7O3S/c1-17-12-18-13-22(29-17)20-15-28-33(2)25(20)37-11-5-8-27(9-10-27)16-34-23-14-19(32-38(3,4)36)6-7-21(23)30-26(34)31-24(18)35/h6-7,12-15H,5,8-11,16H2,1-4H3,(H,30,31,35). The summed E-state index contributed by atoms with van der Waals surface area (Å²) in [5, 5.41) is 7.72. The second kappa shape index (κ2) is 8.93. The zero-order valence-electron chi connectivity index (χ0n) is 22.0. The Morgan fingerprint density at radius 1 is 1.16 bits per heavy atom. The summed E-state index contributed by atoms with van der Waals surface area (Å²) in [6, 6.07) is 9.16. The van der Waals surface area contributed by atoms with Crippen molar-refractivity contribution < 1.29 is 13.7 Å². The summed E-state index contributed by atoms with van der Waals surface area (Å²) < 4.78 is 24.7. The minimum absolute atomic E-state index is 0.109. The SMILES string of the molecule is Cc1cc2cc(n1)-c1cnn(C)c1OCCCC1(CC1)CN1/C(=N/C2=O)Nc2ccc(N=S(C)(C)=O)cc21. The molecule has 1 saturated carbocycles. The van der Waals surface area contributed by atoms with Gasteiger partial charge in [0.05, 0.1) is 41.1 Å². The number of hydrogen-bond donors (Lipinski definition) is 1. The number of aryl methyl sites for hydroxylation is 2. The maximum absolute atomic E-state index is 13.5. The summed E-state index contributed by atoms with van der Waals surface area (Å²) in [5.41, 5.74) is 5.01. The molecule has 38 heavy (non-hydrogen) atoms. The Balaban J connectivity index is 1.45. The van der Waals surface area contributed by atoms with Gasteiger partial charge in [0.1, 0.15) is 0 Å². The third-order valence-electron chi connectivity index (χ3n) is 7.21. The molecule has 6 rings (SSSR count). The Labute approximate surface area is 222 Å². The topological polar surface area (TPSA) is 114 Å². The van der Waals surface area contributed by atoms with Crippen LogP contribution >= 0.6 is 0 Å². The molecule has 10 nitrogen and oxygen atoms in total. The summed E-state index contributed by atoms with van der Waals surface area (Å²) in [4.78, 5) is 24.8. The number of hydrogen-bond acceptors (Lipinski definition) is 8. The molecule has 0 saturated heterocycles. The minimum atomic E-state index is -2.32. The number of anilines is 2. The van der Waals surface area contributed by atoms with Gasteiger partial charge in [0.15, 0.2) is 0 Å². The number of guanidine groups is 1. The molecular weight excluding hydrogens is 502 g/mol. The number of aromatic nitrogens is 3. The lowest BCUT2D eigenvalue weighted by Gasteiger charge is -2.25. The summed E-state index contributed by atoms with van der Waals surface area (Å²) in [7, 11) is -0.472. The first kappa shape index (κ1) is 24.6. The van der Waals surface area contributed by atoms with Crippen molar-refractivity contribution in [3.8, 4) is 17.1 Å². The van der Waals surface area contributed by atoms with Crippen LogP contribution < -0.4 is 15.0 Å². The number of carbonyl (C=O) groups is 1. The van der Waals surface area contributed by atoms with Gasteiger partial charge in [-0.3, -0.25) is 9.78 Å². The fraction of sp³-hybridized carbons (Fsp3) is 0.407. The summed E-state index contributed by atoms with van der Waals surface area (Å²) in [6.07, 6.45) is 9.04. The van der Waals surface area contributed by atoms with E-state index in [0.717, 1.165) is 42.6 Å². The Morgan fingerprint density at radius 3 is 2.74 bits per heavy atom.